The van der Waals surface area contributed by atoms with Crippen LogP contribution in [0.3, 0.4) is 0 Å². The minimum Gasteiger partial charge on any atom is -0.298 e. The second kappa shape index (κ2) is 7.43. The summed E-state index contributed by atoms with van der Waals surface area (Å²) in [5.41, 5.74) is 4.51. The average molecular weight is 399 g/mol. The Balaban J connectivity index is 1.68. The van der Waals surface area contributed by atoms with Crippen LogP contribution in [0, 0.1) is 11.6 Å². The molecule has 0 atom stereocenters. The van der Waals surface area contributed by atoms with Gasteiger partial charge in [0.05, 0.1) is 5.69 Å². The van der Waals surface area contributed by atoms with Crippen LogP contribution in [0.4, 0.5) is 8.78 Å². The van der Waals surface area contributed by atoms with E-state index in [-0.39, 0.29) is 11.6 Å². The van der Waals surface area contributed by atoms with E-state index < -0.39 is 0 Å². The molecule has 1 aliphatic rings. The number of likely N-dealkylation sites (N-methyl/N-ethyl adjacent to an activating group) is 1. The lowest BCUT2D eigenvalue weighted by atomic mass is 9.90. The Morgan fingerprint density at radius 2 is 1.80 bits per heavy atom. The van der Waals surface area contributed by atoms with Crippen LogP contribution in [0.5, 0.6) is 0 Å². The Morgan fingerprint density at radius 1 is 0.900 bits per heavy atom. The van der Waals surface area contributed by atoms with Gasteiger partial charge in [-0.1, -0.05) is 30.3 Å². The van der Waals surface area contributed by atoms with Gasteiger partial charge in [-0.05, 0) is 65.5 Å². The van der Waals surface area contributed by atoms with Gasteiger partial charge in [0, 0.05) is 35.8 Å². The first-order chi connectivity index (χ1) is 14.6. The number of fused-ring (bicyclic) bond motifs is 2. The van der Waals surface area contributed by atoms with E-state index in [0.29, 0.717) is 35.3 Å². The molecular weight excluding hydrogens is 380 g/mol. The second-order valence-electron chi connectivity index (χ2n) is 7.59. The minimum atomic E-state index is -0.297. The molecule has 0 saturated heterocycles. The highest BCUT2D eigenvalue weighted by atomic mass is 19.1. The molecule has 4 aromatic rings. The van der Waals surface area contributed by atoms with Crippen molar-refractivity contribution >= 4 is 16.3 Å². The summed E-state index contributed by atoms with van der Waals surface area (Å²) in [5.74, 6) is -0.553. The Labute approximate surface area is 173 Å². The lowest BCUT2D eigenvalue weighted by Crippen LogP contribution is -2.16. The highest BCUT2D eigenvalue weighted by Crippen LogP contribution is 2.35. The van der Waals surface area contributed by atoms with Gasteiger partial charge in [0.25, 0.3) is 0 Å². The van der Waals surface area contributed by atoms with Gasteiger partial charge in [0.15, 0.2) is 0 Å². The van der Waals surface area contributed by atoms with Crippen molar-refractivity contribution in [3.05, 3.63) is 101 Å². The van der Waals surface area contributed by atoms with E-state index in [1.54, 1.807) is 24.4 Å². The van der Waals surface area contributed by atoms with Gasteiger partial charge >= 0.3 is 0 Å². The molecule has 0 fully saturated rings. The molecule has 30 heavy (non-hydrogen) atoms. The van der Waals surface area contributed by atoms with E-state index >= 15 is 4.39 Å². The number of hydrogen-bond acceptors (Lipinski definition) is 3. The number of rotatable bonds is 2. The molecule has 0 aliphatic carbocycles. The topological polar surface area (TPSA) is 29.0 Å². The van der Waals surface area contributed by atoms with Gasteiger partial charge < -0.3 is 0 Å². The maximum Gasteiger partial charge on any atom is 0.132 e. The van der Waals surface area contributed by atoms with Crippen LogP contribution >= 0.6 is 0 Å². The van der Waals surface area contributed by atoms with E-state index in [9.17, 15) is 4.39 Å². The monoisotopic (exact) mass is 399 g/mol. The molecule has 0 N–H and O–H groups in total. The number of benzene rings is 3. The van der Waals surface area contributed by atoms with Crippen LogP contribution in [0.2, 0.25) is 0 Å². The maximum absolute atomic E-state index is 15.5. The van der Waals surface area contributed by atoms with Gasteiger partial charge in [0.2, 0.25) is 0 Å². The Hall–Kier alpha value is -3.44. The van der Waals surface area contributed by atoms with Crippen LogP contribution < -0.4 is 0 Å². The molecule has 1 aliphatic heterocycles. The fourth-order valence-electron chi connectivity index (χ4n) is 4.07. The Morgan fingerprint density at radius 3 is 2.63 bits per heavy atom. The summed E-state index contributed by atoms with van der Waals surface area (Å²) in [5, 5.41) is 9.39. The minimum absolute atomic E-state index is 0.256. The Kier molecular flexibility index (Phi) is 4.60. The van der Waals surface area contributed by atoms with Crippen LogP contribution in [0.1, 0.15) is 16.7 Å². The molecule has 0 saturated carbocycles. The normalized spacial score (nSPS) is 14.3. The molecule has 5 heteroatoms. The van der Waals surface area contributed by atoms with E-state index in [1.807, 2.05) is 43.5 Å². The van der Waals surface area contributed by atoms with Crippen LogP contribution in [0.25, 0.3) is 27.6 Å². The highest BCUT2D eigenvalue weighted by molar-refractivity contribution is 5.91. The van der Waals surface area contributed by atoms with Crippen LogP contribution in [-0.4, -0.2) is 28.7 Å². The van der Waals surface area contributed by atoms with Crippen molar-refractivity contribution in [2.45, 2.75) is 6.54 Å². The van der Waals surface area contributed by atoms with Gasteiger partial charge in [-0.3, -0.25) is 4.90 Å². The molecule has 148 valence electrons. The fraction of sp³-hybridized carbons (Fsp3) is 0.120. The summed E-state index contributed by atoms with van der Waals surface area (Å²) in [4.78, 5) is 2.13. The van der Waals surface area contributed by atoms with Gasteiger partial charge in [-0.25, -0.2) is 8.78 Å². The van der Waals surface area contributed by atoms with E-state index in [1.165, 1.54) is 12.1 Å². The third kappa shape index (κ3) is 3.27. The Bertz CT molecular complexity index is 1280. The fourth-order valence-corrected chi connectivity index (χ4v) is 4.07. The van der Waals surface area contributed by atoms with Gasteiger partial charge in [-0.15, -0.1) is 0 Å². The third-order valence-electron chi connectivity index (χ3n) is 5.49. The highest BCUT2D eigenvalue weighted by Gasteiger charge is 2.21. The molecule has 0 bridgehead atoms. The number of hydrogen-bond donors (Lipinski definition) is 0. The molecule has 3 aromatic carbocycles. The van der Waals surface area contributed by atoms with Crippen molar-refractivity contribution < 1.29 is 8.78 Å². The molecule has 3 nitrogen and oxygen atoms in total. The summed E-state index contributed by atoms with van der Waals surface area (Å²) in [6.07, 6.45) is 3.64. The first-order valence-corrected chi connectivity index (χ1v) is 9.78. The zero-order chi connectivity index (χ0) is 20.7. The van der Waals surface area contributed by atoms with Gasteiger partial charge in [-0.2, -0.15) is 10.2 Å². The van der Waals surface area contributed by atoms with Crippen LogP contribution in [-0.2, 0) is 6.54 Å². The van der Waals surface area contributed by atoms with E-state index in [2.05, 4.69) is 15.1 Å². The number of halogens is 2. The molecule has 1 aromatic heterocycles. The van der Waals surface area contributed by atoms with Crippen molar-refractivity contribution in [2.24, 2.45) is 0 Å². The summed E-state index contributed by atoms with van der Waals surface area (Å²) in [6, 6.07) is 17.7. The standard InChI is InChI=1S/C25H19F2N3/c1-30-11-9-21(17-7-8-20-16(12-17)4-2-5-22(20)26)25-19(15-30)13-18(14-23(25)27)24-6-3-10-28-29-24/h2-10,12-14H,11,15H2,1H3. The predicted molar refractivity (Wildman–Crippen MR) is 115 cm³/mol. The molecule has 0 unspecified atom stereocenters. The van der Waals surface area contributed by atoms with Crippen molar-refractivity contribution in [3.8, 4) is 11.3 Å². The quantitative estimate of drug-likeness (QED) is 0.449. The first kappa shape index (κ1) is 18.6. The molecule has 5 rings (SSSR count). The summed E-state index contributed by atoms with van der Waals surface area (Å²) < 4.78 is 29.6. The summed E-state index contributed by atoms with van der Waals surface area (Å²) >= 11 is 0. The van der Waals surface area contributed by atoms with Crippen molar-refractivity contribution in [1.82, 2.24) is 15.1 Å². The predicted octanol–water partition coefficient (Wildman–Crippen LogP) is 5.45. The number of aromatic nitrogens is 2. The SMILES string of the molecule is CN1CC=C(c2ccc3c(F)cccc3c2)c2c(F)cc(-c3cccnn3)cc2C1. The van der Waals surface area contributed by atoms with Gasteiger partial charge in [0.1, 0.15) is 11.6 Å². The van der Waals surface area contributed by atoms with Crippen LogP contribution in [0.15, 0.2) is 72.9 Å². The zero-order valence-corrected chi connectivity index (χ0v) is 16.4. The molecule has 0 amide bonds. The van der Waals surface area contributed by atoms with Crippen molar-refractivity contribution in [3.63, 3.8) is 0 Å². The second-order valence-corrected chi connectivity index (χ2v) is 7.59. The summed E-state index contributed by atoms with van der Waals surface area (Å²) in [6.45, 7) is 1.30. The first-order valence-electron chi connectivity index (χ1n) is 9.78. The molecular formula is C25H19F2N3. The summed E-state index contributed by atoms with van der Waals surface area (Å²) in [7, 11) is 2.01. The lowest BCUT2D eigenvalue weighted by molar-refractivity contribution is 0.365. The zero-order valence-electron chi connectivity index (χ0n) is 16.4. The average Bonchev–Trinajstić information content (AvgIpc) is 2.93. The van der Waals surface area contributed by atoms with E-state index in [0.717, 1.165) is 22.1 Å². The van der Waals surface area contributed by atoms with Crippen molar-refractivity contribution in [2.75, 3.05) is 13.6 Å². The molecule has 2 heterocycles. The molecule has 0 spiro atoms. The number of nitrogens with zero attached hydrogens (tertiary/aromatic N) is 3. The molecule has 0 radical (unpaired) electrons. The smallest absolute Gasteiger partial charge is 0.132 e. The van der Waals surface area contributed by atoms with Crippen molar-refractivity contribution in [1.29, 1.82) is 0 Å². The maximum atomic E-state index is 15.5. The third-order valence-corrected chi connectivity index (χ3v) is 5.49. The largest absolute Gasteiger partial charge is 0.298 e. The lowest BCUT2D eigenvalue weighted by Gasteiger charge is -2.16. The van der Waals surface area contributed by atoms with E-state index in [4.69, 9.17) is 0 Å².